The third kappa shape index (κ3) is 17.9. The van der Waals surface area contributed by atoms with E-state index in [2.05, 4.69) is 31.9 Å². The lowest BCUT2D eigenvalue weighted by atomic mass is 9.90. The Kier molecular flexibility index (Phi) is 22.3. The highest BCUT2D eigenvalue weighted by molar-refractivity contribution is 5.93. The molecule has 0 saturated heterocycles. The summed E-state index contributed by atoms with van der Waals surface area (Å²) in [6.07, 6.45) is -8.36. The molecule has 4 rings (SSSR count). The lowest BCUT2D eigenvalue weighted by Gasteiger charge is -2.35. The second kappa shape index (κ2) is 28.0. The Morgan fingerprint density at radius 1 is 0.386 bits per heavy atom. The standard InChI is InChI=1S/C52H68N6O12/c1-31(2)41(55-49(65)43(33(5)59)57-51(67)69-29-37-23-15-9-16-24-37)47(63)53-39(27-35-19-11-7-12-20-35)45(61)46(62)40(28-36-21-13-8-14-22-36)54-48(64)42(32(3)4)56-50(66)44(34(6)60)58-52(68)70-30-38-25-17-10-18-26-38/h7-26,31-34,39-46,59-62H,27-30H2,1-6H3,(H,53,63)(H,54,64)(H,55,65)(H,56,66)(H,57,67)(H,58,68)/t33?,34?,39-,40+,41?,42?,43?,44?,45+,46-. The van der Waals surface area contributed by atoms with Crippen molar-refractivity contribution < 1.29 is 58.7 Å². The fraction of sp³-hybridized carbons (Fsp3) is 0.423. The molecular weight excluding hydrogens is 901 g/mol. The third-order valence-electron chi connectivity index (χ3n) is 11.4. The molecule has 4 aromatic rings. The van der Waals surface area contributed by atoms with Crippen molar-refractivity contribution in [1.82, 2.24) is 31.9 Å². The normalized spacial score (nSPS) is 15.5. The number of carbonyl (C=O) groups excluding carboxylic acids is 6. The van der Waals surface area contributed by atoms with Gasteiger partial charge < -0.3 is 61.8 Å². The summed E-state index contributed by atoms with van der Waals surface area (Å²) in [5, 5.41) is 60.9. The fourth-order valence-electron chi connectivity index (χ4n) is 7.42. The van der Waals surface area contributed by atoms with Gasteiger partial charge in [-0.25, -0.2) is 9.59 Å². The van der Waals surface area contributed by atoms with Gasteiger partial charge in [0.1, 0.15) is 49.6 Å². The van der Waals surface area contributed by atoms with Crippen LogP contribution in [0.4, 0.5) is 9.59 Å². The topological polar surface area (TPSA) is 274 Å². The molecule has 10 N–H and O–H groups in total. The number of ether oxygens (including phenoxy) is 2. The lowest BCUT2D eigenvalue weighted by Crippen LogP contribution is -2.63. The number of amides is 6. The molecule has 10 atom stereocenters. The maximum Gasteiger partial charge on any atom is 0.408 e. The highest BCUT2D eigenvalue weighted by Gasteiger charge is 2.39. The van der Waals surface area contributed by atoms with E-state index in [1.807, 2.05) is 0 Å². The number of benzene rings is 4. The van der Waals surface area contributed by atoms with E-state index in [1.165, 1.54) is 13.8 Å². The summed E-state index contributed by atoms with van der Waals surface area (Å²) in [7, 11) is 0. The molecule has 0 radical (unpaired) electrons. The summed E-state index contributed by atoms with van der Waals surface area (Å²) in [6, 6.07) is 27.2. The average molecular weight is 969 g/mol. The number of aliphatic hydroxyl groups is 4. The first-order valence-corrected chi connectivity index (χ1v) is 23.3. The van der Waals surface area contributed by atoms with Crippen LogP contribution in [0.2, 0.25) is 0 Å². The molecular formula is C52H68N6O12. The molecule has 6 unspecified atom stereocenters. The number of rotatable bonds is 25. The molecule has 18 nitrogen and oxygen atoms in total. The molecule has 4 aromatic carbocycles. The molecule has 0 heterocycles. The van der Waals surface area contributed by atoms with E-state index in [-0.39, 0.29) is 26.1 Å². The van der Waals surface area contributed by atoms with E-state index in [9.17, 15) is 49.2 Å². The number of nitrogens with one attached hydrogen (secondary N) is 6. The zero-order valence-electron chi connectivity index (χ0n) is 40.4. The fourth-order valence-corrected chi connectivity index (χ4v) is 7.42. The lowest BCUT2D eigenvalue weighted by molar-refractivity contribution is -0.134. The van der Waals surface area contributed by atoms with Crippen molar-refractivity contribution in [3.8, 4) is 0 Å². The van der Waals surface area contributed by atoms with Gasteiger partial charge in [0.15, 0.2) is 0 Å². The number of alkyl carbamates (subject to hydrolysis) is 2. The molecule has 0 fully saturated rings. The number of carbonyl (C=O) groups is 6. The van der Waals surface area contributed by atoms with Crippen LogP contribution in [0.15, 0.2) is 121 Å². The van der Waals surface area contributed by atoms with Crippen molar-refractivity contribution in [2.24, 2.45) is 11.8 Å². The van der Waals surface area contributed by atoms with Crippen LogP contribution >= 0.6 is 0 Å². The van der Waals surface area contributed by atoms with Gasteiger partial charge in [-0.3, -0.25) is 19.2 Å². The van der Waals surface area contributed by atoms with Gasteiger partial charge in [-0.2, -0.15) is 0 Å². The van der Waals surface area contributed by atoms with E-state index in [4.69, 9.17) is 9.47 Å². The largest absolute Gasteiger partial charge is 0.445 e. The minimum Gasteiger partial charge on any atom is -0.445 e. The van der Waals surface area contributed by atoms with Gasteiger partial charge in [0.2, 0.25) is 23.6 Å². The Bertz CT molecular complexity index is 2090. The number of aliphatic hydroxyl groups excluding tert-OH is 4. The van der Waals surface area contributed by atoms with Gasteiger partial charge >= 0.3 is 12.2 Å². The van der Waals surface area contributed by atoms with Gasteiger partial charge in [0, 0.05) is 0 Å². The van der Waals surface area contributed by atoms with Crippen molar-refractivity contribution in [3.05, 3.63) is 144 Å². The average Bonchev–Trinajstić information content (AvgIpc) is 3.34. The molecule has 0 bridgehead atoms. The van der Waals surface area contributed by atoms with Gasteiger partial charge in [0.05, 0.1) is 24.3 Å². The Morgan fingerprint density at radius 3 is 0.929 bits per heavy atom. The zero-order chi connectivity index (χ0) is 51.3. The van der Waals surface area contributed by atoms with Crippen LogP contribution in [0, 0.1) is 11.8 Å². The highest BCUT2D eigenvalue weighted by Crippen LogP contribution is 2.17. The van der Waals surface area contributed by atoms with Crippen LogP contribution in [0.25, 0.3) is 0 Å². The van der Waals surface area contributed by atoms with Gasteiger partial charge in [-0.05, 0) is 60.8 Å². The van der Waals surface area contributed by atoms with Gasteiger partial charge in [-0.15, -0.1) is 0 Å². The molecule has 0 aliphatic carbocycles. The molecule has 0 saturated carbocycles. The first-order valence-electron chi connectivity index (χ1n) is 23.3. The Hall–Kier alpha value is -6.86. The third-order valence-corrected chi connectivity index (χ3v) is 11.4. The highest BCUT2D eigenvalue weighted by atomic mass is 16.6. The summed E-state index contributed by atoms with van der Waals surface area (Å²) in [5.41, 5.74) is 2.71. The quantitative estimate of drug-likeness (QED) is 0.0460. The second-order valence-corrected chi connectivity index (χ2v) is 17.9. The molecule has 0 spiro atoms. The zero-order valence-corrected chi connectivity index (χ0v) is 40.4. The summed E-state index contributed by atoms with van der Waals surface area (Å²) in [4.78, 5) is 81.2. The monoisotopic (exact) mass is 968 g/mol. The van der Waals surface area contributed by atoms with Crippen molar-refractivity contribution in [2.45, 2.75) is 128 Å². The molecule has 6 amide bonds. The molecule has 378 valence electrons. The molecule has 18 heteroatoms. The van der Waals surface area contributed by atoms with Crippen molar-refractivity contribution >= 4 is 35.8 Å². The summed E-state index contributed by atoms with van der Waals surface area (Å²) >= 11 is 0. The van der Waals surface area contributed by atoms with Crippen molar-refractivity contribution in [1.29, 1.82) is 0 Å². The predicted octanol–water partition coefficient (Wildman–Crippen LogP) is 2.80. The van der Waals surface area contributed by atoms with Crippen LogP contribution in [0.1, 0.15) is 63.8 Å². The van der Waals surface area contributed by atoms with Gasteiger partial charge in [-0.1, -0.05) is 149 Å². The maximum atomic E-state index is 14.2. The summed E-state index contributed by atoms with van der Waals surface area (Å²) in [6.45, 7) is 9.02. The number of hydrogen-bond donors (Lipinski definition) is 10. The molecule has 0 aliphatic heterocycles. The maximum absolute atomic E-state index is 14.2. The van der Waals surface area contributed by atoms with Crippen LogP contribution in [-0.4, -0.2) is 117 Å². The van der Waals surface area contributed by atoms with E-state index in [0.29, 0.717) is 22.3 Å². The molecule has 0 aromatic heterocycles. The van der Waals surface area contributed by atoms with Crippen LogP contribution in [0.5, 0.6) is 0 Å². The van der Waals surface area contributed by atoms with Crippen LogP contribution in [0.3, 0.4) is 0 Å². The first kappa shape index (κ1) is 55.7. The van der Waals surface area contributed by atoms with E-state index in [0.717, 1.165) is 0 Å². The predicted molar refractivity (Wildman–Crippen MR) is 260 cm³/mol. The van der Waals surface area contributed by atoms with Crippen molar-refractivity contribution in [2.75, 3.05) is 0 Å². The number of hydrogen-bond acceptors (Lipinski definition) is 12. The Morgan fingerprint density at radius 2 is 0.657 bits per heavy atom. The van der Waals surface area contributed by atoms with Crippen molar-refractivity contribution in [3.63, 3.8) is 0 Å². The van der Waals surface area contributed by atoms with E-state index < -0.39 is 108 Å². The van der Waals surface area contributed by atoms with Crippen LogP contribution in [-0.2, 0) is 54.7 Å². The summed E-state index contributed by atoms with van der Waals surface area (Å²) < 4.78 is 10.5. The first-order chi connectivity index (χ1) is 33.3. The van der Waals surface area contributed by atoms with Gasteiger partial charge in [0.25, 0.3) is 0 Å². The molecule has 0 aliphatic rings. The minimum atomic E-state index is -1.77. The molecule has 70 heavy (non-hydrogen) atoms. The Labute approximate surface area is 408 Å². The van der Waals surface area contributed by atoms with Crippen LogP contribution < -0.4 is 31.9 Å². The second-order valence-electron chi connectivity index (χ2n) is 17.9. The summed E-state index contributed by atoms with van der Waals surface area (Å²) in [5.74, 6) is -4.45. The minimum absolute atomic E-state index is 0.0210. The van der Waals surface area contributed by atoms with E-state index >= 15 is 0 Å². The SMILES string of the molecule is CC(C)C(NC(=O)C(NC(=O)OCc1ccccc1)C(C)O)C(=O)N[C@@H](Cc1ccccc1)[C@@H](O)[C@@H](O)[C@@H](Cc1ccccc1)NC(=O)C(NC(=O)C(NC(=O)OCc1ccccc1)C(C)O)C(C)C. The Balaban J connectivity index is 1.54. The van der Waals surface area contributed by atoms with E-state index in [1.54, 1.807) is 149 Å². The smallest absolute Gasteiger partial charge is 0.408 e.